The van der Waals surface area contributed by atoms with Gasteiger partial charge in [0.1, 0.15) is 5.75 Å². The van der Waals surface area contributed by atoms with E-state index in [-0.39, 0.29) is 11.7 Å². The van der Waals surface area contributed by atoms with Gasteiger partial charge in [0.05, 0.1) is 5.41 Å². The molecule has 3 aromatic rings. The van der Waals surface area contributed by atoms with E-state index in [1.165, 1.54) is 0 Å². The molecule has 0 N–H and O–H groups in total. The van der Waals surface area contributed by atoms with Crippen molar-refractivity contribution in [3.63, 3.8) is 0 Å². The Hall–Kier alpha value is -2.99. The van der Waals surface area contributed by atoms with Gasteiger partial charge in [-0.15, -0.1) is 0 Å². The molecule has 1 amide bonds. The molecule has 1 aliphatic carbocycles. The third kappa shape index (κ3) is 2.69. The smallest absolute Gasteiger partial charge is 0.328 e. The zero-order chi connectivity index (χ0) is 23.7. The van der Waals surface area contributed by atoms with E-state index in [0.717, 1.165) is 40.1 Å². The van der Waals surface area contributed by atoms with E-state index in [0.29, 0.717) is 24.4 Å². The molecule has 6 heteroatoms. The molecule has 3 aliphatic rings. The van der Waals surface area contributed by atoms with Crippen molar-refractivity contribution < 1.29 is 19.1 Å². The van der Waals surface area contributed by atoms with E-state index in [9.17, 15) is 14.4 Å². The quantitative estimate of drug-likeness (QED) is 0.199. The van der Waals surface area contributed by atoms with Crippen molar-refractivity contribution in [1.82, 2.24) is 4.90 Å². The van der Waals surface area contributed by atoms with Gasteiger partial charge in [0.15, 0.2) is 11.2 Å². The summed E-state index contributed by atoms with van der Waals surface area (Å²) in [4.78, 5) is 43.7. The minimum Gasteiger partial charge on any atom is -0.425 e. The summed E-state index contributed by atoms with van der Waals surface area (Å²) in [5.41, 5.74) is -1.51. The van der Waals surface area contributed by atoms with Gasteiger partial charge in [0.2, 0.25) is 5.91 Å². The lowest BCUT2D eigenvalue weighted by atomic mass is 9.85. The molecule has 1 saturated heterocycles. The summed E-state index contributed by atoms with van der Waals surface area (Å²) in [5.74, 6) is -1.21. The second-order valence-electron chi connectivity index (χ2n) is 9.72. The number of benzene rings is 3. The summed E-state index contributed by atoms with van der Waals surface area (Å²) in [6.07, 6.45) is 2.87. The van der Waals surface area contributed by atoms with Crippen molar-refractivity contribution in [2.75, 3.05) is 13.1 Å². The van der Waals surface area contributed by atoms with E-state index in [1.54, 1.807) is 30.0 Å². The largest absolute Gasteiger partial charge is 0.425 e. The van der Waals surface area contributed by atoms with Gasteiger partial charge in [-0.3, -0.25) is 14.4 Å². The van der Waals surface area contributed by atoms with Crippen molar-refractivity contribution in [2.24, 2.45) is 10.8 Å². The number of esters is 1. The standard InChI is InChI=1S/C28H24BrNO4/c1-27(24(31)18-9-12-19(29)13-10-18)23-22-20-8-4-3-7-17(20)11-14-21(22)34-26(33)28(23,27)25(32)30-15-5-2-6-16-30/h3-4,7-14,23H,2,5-6,15-16H2,1H3/t23-,27+,28-/m0/s1. The number of Topliss-reactive ketones (excluding diaryl/α,β-unsaturated/α-hetero) is 1. The van der Waals surface area contributed by atoms with Crippen LogP contribution in [0.4, 0.5) is 0 Å². The predicted octanol–water partition coefficient (Wildman–Crippen LogP) is 5.51. The van der Waals surface area contributed by atoms with Crippen LogP contribution in [0.3, 0.4) is 0 Å². The fraction of sp³-hybridized carbons (Fsp3) is 0.321. The minimum absolute atomic E-state index is 0.201. The van der Waals surface area contributed by atoms with E-state index in [2.05, 4.69) is 15.9 Å². The van der Waals surface area contributed by atoms with E-state index in [4.69, 9.17) is 4.74 Å². The number of fused-ring (bicyclic) bond motifs is 5. The van der Waals surface area contributed by atoms with Gasteiger partial charge in [-0.2, -0.15) is 0 Å². The van der Waals surface area contributed by atoms with Crippen molar-refractivity contribution in [3.8, 4) is 5.75 Å². The minimum atomic E-state index is -1.55. The van der Waals surface area contributed by atoms with Crippen molar-refractivity contribution in [3.05, 3.63) is 76.3 Å². The Balaban J connectivity index is 1.57. The monoisotopic (exact) mass is 517 g/mol. The normalized spacial score (nSPS) is 27.5. The molecule has 2 heterocycles. The molecule has 6 rings (SSSR count). The third-order valence-electron chi connectivity index (χ3n) is 8.05. The number of carbonyl (C=O) groups excluding carboxylic acids is 3. The molecule has 0 spiro atoms. The van der Waals surface area contributed by atoms with Gasteiger partial charge in [0.25, 0.3) is 0 Å². The lowest BCUT2D eigenvalue weighted by Gasteiger charge is -2.32. The highest BCUT2D eigenvalue weighted by Gasteiger charge is 2.88. The first kappa shape index (κ1) is 21.5. The highest BCUT2D eigenvalue weighted by atomic mass is 79.9. The maximum absolute atomic E-state index is 14.1. The molecule has 34 heavy (non-hydrogen) atoms. The topological polar surface area (TPSA) is 63.7 Å². The molecule has 0 aromatic heterocycles. The molecule has 0 bridgehead atoms. The number of carbonyl (C=O) groups is 3. The summed E-state index contributed by atoms with van der Waals surface area (Å²) in [7, 11) is 0. The zero-order valence-electron chi connectivity index (χ0n) is 18.8. The number of rotatable bonds is 3. The average molecular weight is 518 g/mol. The fourth-order valence-electron chi connectivity index (χ4n) is 6.29. The summed E-state index contributed by atoms with van der Waals surface area (Å²) in [6.45, 7) is 2.99. The summed E-state index contributed by atoms with van der Waals surface area (Å²) < 4.78 is 6.72. The maximum atomic E-state index is 14.1. The van der Waals surface area contributed by atoms with E-state index in [1.807, 2.05) is 42.5 Å². The number of hydrogen-bond acceptors (Lipinski definition) is 4. The molecule has 1 saturated carbocycles. The molecule has 2 aliphatic heterocycles. The average Bonchev–Trinajstić information content (AvgIpc) is 3.46. The van der Waals surface area contributed by atoms with E-state index >= 15 is 0 Å². The fourth-order valence-corrected chi connectivity index (χ4v) is 6.55. The molecule has 2 fully saturated rings. The van der Waals surface area contributed by atoms with Gasteiger partial charge in [-0.05, 0) is 55.2 Å². The molecular weight excluding hydrogens is 494 g/mol. The van der Waals surface area contributed by atoms with Gasteiger partial charge in [-0.1, -0.05) is 58.4 Å². The van der Waals surface area contributed by atoms with Crippen molar-refractivity contribution in [1.29, 1.82) is 0 Å². The first-order chi connectivity index (χ1) is 16.4. The van der Waals surface area contributed by atoms with Crippen molar-refractivity contribution >= 4 is 44.4 Å². The Bertz CT molecular complexity index is 1360. The third-order valence-corrected chi connectivity index (χ3v) is 8.58. The lowest BCUT2D eigenvalue weighted by molar-refractivity contribution is -0.154. The van der Waals surface area contributed by atoms with Gasteiger partial charge in [0, 0.05) is 34.6 Å². The maximum Gasteiger partial charge on any atom is 0.328 e. The Labute approximate surface area is 206 Å². The van der Waals surface area contributed by atoms with Crippen LogP contribution in [0, 0.1) is 10.8 Å². The van der Waals surface area contributed by atoms with Crippen LogP contribution in [0.1, 0.15) is 48.0 Å². The Kier molecular flexibility index (Phi) is 4.75. The lowest BCUT2D eigenvalue weighted by Crippen LogP contribution is -2.49. The number of nitrogens with zero attached hydrogens (tertiary/aromatic N) is 1. The SMILES string of the molecule is C[C@]1(C(=O)c2ccc(Br)cc2)[C@@H]2c3c(ccc4ccccc34)OC(=O)[C@@]21C(=O)N1CCCCC1. The van der Waals surface area contributed by atoms with Crippen molar-refractivity contribution in [2.45, 2.75) is 32.1 Å². The van der Waals surface area contributed by atoms with Crippen LogP contribution >= 0.6 is 15.9 Å². The Morgan fingerprint density at radius 1 is 0.971 bits per heavy atom. The van der Waals surface area contributed by atoms with E-state index < -0.39 is 22.7 Å². The number of likely N-dealkylation sites (tertiary alicyclic amines) is 1. The molecule has 3 aromatic carbocycles. The Morgan fingerprint density at radius 2 is 1.68 bits per heavy atom. The van der Waals surface area contributed by atoms with Gasteiger partial charge >= 0.3 is 5.97 Å². The first-order valence-electron chi connectivity index (χ1n) is 11.7. The van der Waals surface area contributed by atoms with Crippen LogP contribution < -0.4 is 4.74 Å². The van der Waals surface area contributed by atoms with Crippen LogP contribution in [0.25, 0.3) is 10.8 Å². The summed E-state index contributed by atoms with van der Waals surface area (Å²) in [5, 5.41) is 1.91. The number of piperidine rings is 1. The summed E-state index contributed by atoms with van der Waals surface area (Å²) >= 11 is 3.42. The summed E-state index contributed by atoms with van der Waals surface area (Å²) in [6, 6.07) is 18.7. The highest BCUT2D eigenvalue weighted by Crippen LogP contribution is 2.79. The molecular formula is C28H24BrNO4. The molecule has 0 unspecified atom stereocenters. The van der Waals surface area contributed by atoms with Crippen LogP contribution in [0.15, 0.2) is 65.1 Å². The predicted molar refractivity (Wildman–Crippen MR) is 132 cm³/mol. The molecule has 3 atom stereocenters. The van der Waals surface area contributed by atoms with Crippen LogP contribution in [-0.4, -0.2) is 35.6 Å². The number of ether oxygens (including phenoxy) is 1. The molecule has 5 nitrogen and oxygen atoms in total. The molecule has 0 radical (unpaired) electrons. The van der Waals surface area contributed by atoms with Crippen LogP contribution in [0.2, 0.25) is 0 Å². The number of ketones is 1. The second-order valence-corrected chi connectivity index (χ2v) is 10.6. The zero-order valence-corrected chi connectivity index (χ0v) is 20.4. The number of halogens is 1. The van der Waals surface area contributed by atoms with Crippen LogP contribution in [-0.2, 0) is 9.59 Å². The number of amides is 1. The molecule has 172 valence electrons. The second kappa shape index (κ2) is 7.51. The van der Waals surface area contributed by atoms with Gasteiger partial charge < -0.3 is 9.64 Å². The highest BCUT2D eigenvalue weighted by molar-refractivity contribution is 9.10. The number of hydrogen-bond donors (Lipinski definition) is 0. The van der Waals surface area contributed by atoms with Crippen LogP contribution in [0.5, 0.6) is 5.75 Å². The Morgan fingerprint density at radius 3 is 2.41 bits per heavy atom. The van der Waals surface area contributed by atoms with Gasteiger partial charge in [-0.25, -0.2) is 0 Å². The first-order valence-corrected chi connectivity index (χ1v) is 12.5.